The van der Waals surface area contributed by atoms with Crippen LogP contribution in [0.3, 0.4) is 0 Å². The maximum atomic E-state index is 12.3. The van der Waals surface area contributed by atoms with Gasteiger partial charge >= 0.3 is 5.97 Å². The van der Waals surface area contributed by atoms with Gasteiger partial charge in [0.2, 0.25) is 0 Å². The molecule has 0 aromatic rings. The first-order valence-corrected chi connectivity index (χ1v) is 11.7. The van der Waals surface area contributed by atoms with E-state index in [1.165, 1.54) is 25.7 Å². The summed E-state index contributed by atoms with van der Waals surface area (Å²) < 4.78 is 6.29. The predicted molar refractivity (Wildman–Crippen MR) is 109 cm³/mol. The van der Waals surface area contributed by atoms with Crippen LogP contribution in [0.2, 0.25) is 0 Å². The summed E-state index contributed by atoms with van der Waals surface area (Å²) in [7, 11) is 0. The Morgan fingerprint density at radius 3 is 2.86 bits per heavy atom. The highest BCUT2D eigenvalue weighted by molar-refractivity contribution is 5.93. The van der Waals surface area contributed by atoms with Gasteiger partial charge in [0.1, 0.15) is 5.60 Å². The summed E-state index contributed by atoms with van der Waals surface area (Å²) in [6.45, 7) is 6.63. The molecule has 3 nitrogen and oxygen atoms in total. The standard InChI is InChI=1S/C25H33NO2/c1-3-14-11-15-12-16(26)5-6-17(15)18-7-9-24(4-2)23(22(14)18)19-13-20(19)25(24)10-8-21(27)28-25/h3,12,14,17-20,22-23,26H,1,4-11,13H2,2H3/t14?,17-,18?,19?,20?,22?,23?,24-,25-/m0/s1. The van der Waals surface area contributed by atoms with Gasteiger partial charge in [0.25, 0.3) is 0 Å². The van der Waals surface area contributed by atoms with Crippen molar-refractivity contribution in [2.24, 2.45) is 46.8 Å². The zero-order valence-corrected chi connectivity index (χ0v) is 17.1. The van der Waals surface area contributed by atoms with E-state index in [-0.39, 0.29) is 17.0 Å². The maximum Gasteiger partial charge on any atom is 0.306 e. The Morgan fingerprint density at radius 1 is 1.29 bits per heavy atom. The zero-order valence-electron chi connectivity index (χ0n) is 17.1. The number of hydrogen-bond acceptors (Lipinski definition) is 3. The summed E-state index contributed by atoms with van der Waals surface area (Å²) >= 11 is 0. The predicted octanol–water partition coefficient (Wildman–Crippen LogP) is 5.31. The van der Waals surface area contributed by atoms with Crippen molar-refractivity contribution >= 4 is 11.7 Å². The van der Waals surface area contributed by atoms with Crippen LogP contribution in [-0.2, 0) is 9.53 Å². The summed E-state index contributed by atoms with van der Waals surface area (Å²) in [5.41, 5.74) is 2.43. The number of esters is 1. The fourth-order valence-corrected chi connectivity index (χ4v) is 9.34. The normalized spacial score (nSPS) is 53.6. The molecule has 5 aliphatic carbocycles. The van der Waals surface area contributed by atoms with Gasteiger partial charge in [-0.3, -0.25) is 4.79 Å². The van der Waals surface area contributed by atoms with E-state index in [1.54, 1.807) is 5.57 Å². The molecular weight excluding hydrogens is 346 g/mol. The highest BCUT2D eigenvalue weighted by atomic mass is 16.6. The lowest BCUT2D eigenvalue weighted by atomic mass is 9.45. The molecule has 1 N–H and O–H groups in total. The van der Waals surface area contributed by atoms with E-state index in [1.807, 2.05) is 0 Å². The summed E-state index contributed by atoms with van der Waals surface area (Å²) in [5.74, 6) is 4.83. The number of carbonyl (C=O) groups excluding carboxylic acids is 1. The van der Waals surface area contributed by atoms with E-state index >= 15 is 0 Å². The Morgan fingerprint density at radius 2 is 2.14 bits per heavy atom. The third kappa shape index (κ3) is 1.92. The van der Waals surface area contributed by atoms with Gasteiger partial charge in [-0.05, 0) is 93.0 Å². The SMILES string of the molecule is C=CC1CC2=CC(=N)CC[C@@H]2C2CC[C@@]3(CC)C(C4CC4[C@@]34CCC(=O)O4)C12. The van der Waals surface area contributed by atoms with Crippen LogP contribution in [0.1, 0.15) is 64.7 Å². The third-order valence-electron chi connectivity index (χ3n) is 10.2. The van der Waals surface area contributed by atoms with E-state index in [0.29, 0.717) is 36.0 Å². The number of carbonyl (C=O) groups is 1. The molecule has 1 spiro atoms. The van der Waals surface area contributed by atoms with Crippen LogP contribution in [0.15, 0.2) is 24.3 Å². The second-order valence-electron chi connectivity index (χ2n) is 10.7. The first-order chi connectivity index (χ1) is 13.5. The van der Waals surface area contributed by atoms with Crippen molar-refractivity contribution in [1.29, 1.82) is 5.41 Å². The van der Waals surface area contributed by atoms with Crippen molar-refractivity contribution in [3.8, 4) is 0 Å². The highest BCUT2D eigenvalue weighted by Crippen LogP contribution is 2.79. The van der Waals surface area contributed by atoms with E-state index in [0.717, 1.165) is 43.2 Å². The summed E-state index contributed by atoms with van der Waals surface area (Å²) in [6.07, 6.45) is 14.2. The van der Waals surface area contributed by atoms with Crippen molar-refractivity contribution in [3.63, 3.8) is 0 Å². The van der Waals surface area contributed by atoms with Crippen molar-refractivity contribution in [3.05, 3.63) is 24.3 Å². The van der Waals surface area contributed by atoms with Crippen molar-refractivity contribution < 1.29 is 9.53 Å². The maximum absolute atomic E-state index is 12.3. The average Bonchev–Trinajstić information content (AvgIpc) is 3.34. The topological polar surface area (TPSA) is 50.2 Å². The van der Waals surface area contributed by atoms with Crippen LogP contribution in [0.4, 0.5) is 0 Å². The minimum absolute atomic E-state index is 0.0566. The second-order valence-corrected chi connectivity index (χ2v) is 10.7. The molecule has 5 fully saturated rings. The van der Waals surface area contributed by atoms with Gasteiger partial charge in [0, 0.05) is 23.5 Å². The lowest BCUT2D eigenvalue weighted by molar-refractivity contribution is -0.181. The molecule has 6 rings (SSSR count). The zero-order chi connectivity index (χ0) is 19.3. The second kappa shape index (κ2) is 5.61. The average molecular weight is 380 g/mol. The van der Waals surface area contributed by atoms with Crippen molar-refractivity contribution in [2.45, 2.75) is 70.3 Å². The Bertz CT molecular complexity index is 798. The first-order valence-electron chi connectivity index (χ1n) is 11.7. The van der Waals surface area contributed by atoms with E-state index in [2.05, 4.69) is 25.7 Å². The fraction of sp³-hybridized carbons (Fsp3) is 0.760. The summed E-state index contributed by atoms with van der Waals surface area (Å²) in [4.78, 5) is 12.3. The van der Waals surface area contributed by atoms with Gasteiger partial charge in [-0.15, -0.1) is 6.58 Å². The quantitative estimate of drug-likeness (QED) is 0.522. The Balaban J connectivity index is 1.44. The number of ether oxygens (including phenoxy) is 1. The molecule has 150 valence electrons. The Kier molecular flexibility index (Phi) is 3.50. The Labute approximate surface area is 168 Å². The van der Waals surface area contributed by atoms with Crippen LogP contribution >= 0.6 is 0 Å². The molecule has 4 saturated carbocycles. The molecule has 9 atom stereocenters. The smallest absolute Gasteiger partial charge is 0.306 e. The van der Waals surface area contributed by atoms with Gasteiger partial charge in [-0.2, -0.15) is 0 Å². The van der Waals surface area contributed by atoms with Crippen LogP contribution in [0.25, 0.3) is 0 Å². The minimum Gasteiger partial charge on any atom is -0.458 e. The molecule has 0 amide bonds. The largest absolute Gasteiger partial charge is 0.458 e. The molecule has 1 heterocycles. The molecular formula is C25H33NO2. The minimum atomic E-state index is -0.143. The molecule has 28 heavy (non-hydrogen) atoms. The lowest BCUT2D eigenvalue weighted by Gasteiger charge is -2.60. The number of fused-ring (bicyclic) bond motifs is 9. The van der Waals surface area contributed by atoms with Crippen LogP contribution in [-0.4, -0.2) is 17.3 Å². The molecule has 6 aliphatic rings. The highest BCUT2D eigenvalue weighted by Gasteiger charge is 2.79. The molecule has 6 unspecified atom stereocenters. The summed E-state index contributed by atoms with van der Waals surface area (Å²) in [6, 6.07) is 0. The van der Waals surface area contributed by atoms with Crippen molar-refractivity contribution in [2.75, 3.05) is 0 Å². The monoisotopic (exact) mass is 379 g/mol. The van der Waals surface area contributed by atoms with E-state index in [9.17, 15) is 4.79 Å². The van der Waals surface area contributed by atoms with Crippen molar-refractivity contribution in [1.82, 2.24) is 0 Å². The van der Waals surface area contributed by atoms with Gasteiger partial charge < -0.3 is 10.1 Å². The van der Waals surface area contributed by atoms with Gasteiger partial charge in [-0.25, -0.2) is 0 Å². The number of nitrogens with one attached hydrogen (secondary N) is 1. The lowest BCUT2D eigenvalue weighted by Crippen LogP contribution is -2.57. The van der Waals surface area contributed by atoms with E-state index in [4.69, 9.17) is 10.1 Å². The molecule has 0 aromatic carbocycles. The number of allylic oxidation sites excluding steroid dienone is 3. The molecule has 0 aromatic heterocycles. The van der Waals surface area contributed by atoms with Gasteiger partial charge in [0.15, 0.2) is 0 Å². The summed E-state index contributed by atoms with van der Waals surface area (Å²) in [5, 5.41) is 8.16. The van der Waals surface area contributed by atoms with Gasteiger partial charge in [0.05, 0.1) is 0 Å². The molecule has 3 heteroatoms. The van der Waals surface area contributed by atoms with Crippen LogP contribution in [0, 0.1) is 52.2 Å². The number of hydrogen-bond donors (Lipinski definition) is 1. The van der Waals surface area contributed by atoms with Gasteiger partial charge in [-0.1, -0.05) is 18.6 Å². The first kappa shape index (κ1) is 17.5. The van der Waals surface area contributed by atoms with E-state index < -0.39 is 0 Å². The fourth-order valence-electron chi connectivity index (χ4n) is 9.34. The number of rotatable bonds is 2. The molecule has 0 radical (unpaired) electrons. The van der Waals surface area contributed by atoms with Crippen LogP contribution < -0.4 is 0 Å². The third-order valence-corrected chi connectivity index (χ3v) is 10.2. The molecule has 0 bridgehead atoms. The molecule has 1 saturated heterocycles. The Hall–Kier alpha value is -1.38. The molecule has 1 aliphatic heterocycles. The van der Waals surface area contributed by atoms with Crippen LogP contribution in [0.5, 0.6) is 0 Å².